The van der Waals surface area contributed by atoms with Gasteiger partial charge >= 0.3 is 0 Å². The van der Waals surface area contributed by atoms with Crippen LogP contribution in [0.1, 0.15) is 15.9 Å². The molecule has 0 aliphatic rings. The molecule has 0 aliphatic heterocycles. The van der Waals surface area contributed by atoms with Crippen LogP contribution in [0, 0.1) is 11.6 Å². The van der Waals surface area contributed by atoms with E-state index in [2.05, 4.69) is 0 Å². The summed E-state index contributed by atoms with van der Waals surface area (Å²) in [6.07, 6.45) is 0. The van der Waals surface area contributed by atoms with Gasteiger partial charge in [-0.05, 0) is 35.9 Å². The normalized spacial score (nSPS) is 11.7. The number of amides is 1. The lowest BCUT2D eigenvalue weighted by Crippen LogP contribution is -2.28. The van der Waals surface area contributed by atoms with Crippen molar-refractivity contribution in [3.63, 3.8) is 0 Å². The van der Waals surface area contributed by atoms with Gasteiger partial charge in [0.2, 0.25) is 10.0 Å². The summed E-state index contributed by atoms with van der Waals surface area (Å²) in [6, 6.07) is 7.09. The van der Waals surface area contributed by atoms with Crippen molar-refractivity contribution in [1.29, 1.82) is 0 Å². The average molecular weight is 403 g/mol. The van der Waals surface area contributed by atoms with Gasteiger partial charge in [-0.3, -0.25) is 4.79 Å². The van der Waals surface area contributed by atoms with E-state index in [0.717, 1.165) is 27.4 Å². The zero-order chi connectivity index (χ0) is 19.6. The van der Waals surface area contributed by atoms with E-state index in [1.165, 1.54) is 33.3 Å². The highest BCUT2D eigenvalue weighted by atomic mass is 35.5. The molecule has 0 fully saturated rings. The fourth-order valence-corrected chi connectivity index (χ4v) is 3.27. The van der Waals surface area contributed by atoms with Crippen LogP contribution in [0.3, 0.4) is 0 Å². The number of rotatable bonds is 5. The quantitative estimate of drug-likeness (QED) is 0.772. The Labute approximate surface area is 155 Å². The van der Waals surface area contributed by atoms with E-state index in [0.29, 0.717) is 5.56 Å². The number of carbonyl (C=O) groups excluding carboxylic acids is 1. The molecule has 0 aromatic heterocycles. The second-order valence-corrected chi connectivity index (χ2v) is 8.40. The van der Waals surface area contributed by atoms with Crippen LogP contribution < -0.4 is 0 Å². The standard InChI is InChI=1S/C17H17ClF2N2O3S/c1-21(2)26(24,25)12-5-7-15(19)13(9-12)17(23)22(3)10-11-4-6-14(18)16(20)8-11/h4-9H,10H2,1-3H3. The summed E-state index contributed by atoms with van der Waals surface area (Å²) in [5, 5.41) is -0.0460. The SMILES string of the molecule is CN(Cc1ccc(Cl)c(F)c1)C(=O)c1cc(S(=O)(=O)N(C)C)ccc1F. The molecule has 0 N–H and O–H groups in total. The molecular formula is C17H17ClF2N2O3S. The molecule has 0 bridgehead atoms. The van der Waals surface area contributed by atoms with Gasteiger partial charge in [0, 0.05) is 27.7 Å². The van der Waals surface area contributed by atoms with E-state index >= 15 is 0 Å². The van der Waals surface area contributed by atoms with Crippen molar-refractivity contribution >= 4 is 27.5 Å². The fraction of sp³-hybridized carbons (Fsp3) is 0.235. The highest BCUT2D eigenvalue weighted by Gasteiger charge is 2.23. The van der Waals surface area contributed by atoms with Crippen molar-refractivity contribution in [3.05, 3.63) is 64.2 Å². The Morgan fingerprint density at radius 2 is 1.69 bits per heavy atom. The molecule has 9 heteroatoms. The van der Waals surface area contributed by atoms with Gasteiger partial charge in [-0.1, -0.05) is 17.7 Å². The lowest BCUT2D eigenvalue weighted by molar-refractivity contribution is 0.0780. The smallest absolute Gasteiger partial charge is 0.256 e. The number of nitrogens with zero attached hydrogens (tertiary/aromatic N) is 2. The summed E-state index contributed by atoms with van der Waals surface area (Å²) >= 11 is 5.62. The second kappa shape index (κ2) is 7.69. The van der Waals surface area contributed by atoms with Crippen LogP contribution in [0.5, 0.6) is 0 Å². The summed E-state index contributed by atoms with van der Waals surface area (Å²) in [6.45, 7) is -0.00296. The highest BCUT2D eigenvalue weighted by molar-refractivity contribution is 7.89. The highest BCUT2D eigenvalue weighted by Crippen LogP contribution is 2.20. The predicted octanol–water partition coefficient (Wildman–Crippen LogP) is 3.14. The minimum absolute atomic E-state index is 0.00296. The first kappa shape index (κ1) is 20.3. The molecule has 0 atom stereocenters. The van der Waals surface area contributed by atoms with Crippen molar-refractivity contribution in [3.8, 4) is 0 Å². The molecule has 26 heavy (non-hydrogen) atoms. The monoisotopic (exact) mass is 402 g/mol. The summed E-state index contributed by atoms with van der Waals surface area (Å²) < 4.78 is 52.9. The van der Waals surface area contributed by atoms with E-state index < -0.39 is 27.6 Å². The maximum atomic E-state index is 14.1. The molecule has 0 unspecified atom stereocenters. The number of halogens is 3. The van der Waals surface area contributed by atoms with Crippen LogP contribution in [0.15, 0.2) is 41.3 Å². The lowest BCUT2D eigenvalue weighted by atomic mass is 10.1. The third kappa shape index (κ3) is 4.20. The van der Waals surface area contributed by atoms with Crippen molar-refractivity contribution in [2.45, 2.75) is 11.4 Å². The lowest BCUT2D eigenvalue weighted by Gasteiger charge is -2.19. The van der Waals surface area contributed by atoms with Crippen LogP contribution in [-0.2, 0) is 16.6 Å². The van der Waals surface area contributed by atoms with Gasteiger partial charge in [-0.2, -0.15) is 0 Å². The topological polar surface area (TPSA) is 57.7 Å². The Morgan fingerprint density at radius 3 is 2.27 bits per heavy atom. The first-order chi connectivity index (χ1) is 12.0. The molecular weight excluding hydrogens is 386 g/mol. The van der Waals surface area contributed by atoms with E-state index in [-0.39, 0.29) is 22.0 Å². The molecule has 0 saturated carbocycles. The molecule has 2 rings (SSSR count). The Kier molecular flexibility index (Phi) is 6.00. The van der Waals surface area contributed by atoms with Gasteiger partial charge in [0.15, 0.2) is 0 Å². The molecule has 1 amide bonds. The molecule has 2 aromatic rings. The third-order valence-corrected chi connectivity index (χ3v) is 5.81. The number of carbonyl (C=O) groups is 1. The maximum absolute atomic E-state index is 14.1. The number of hydrogen-bond acceptors (Lipinski definition) is 3. The first-order valence-electron chi connectivity index (χ1n) is 7.45. The molecule has 0 radical (unpaired) electrons. The number of sulfonamides is 1. The maximum Gasteiger partial charge on any atom is 0.256 e. The zero-order valence-electron chi connectivity index (χ0n) is 14.3. The number of hydrogen-bond donors (Lipinski definition) is 0. The largest absolute Gasteiger partial charge is 0.337 e. The zero-order valence-corrected chi connectivity index (χ0v) is 15.9. The van der Waals surface area contributed by atoms with Crippen LogP contribution in [-0.4, -0.2) is 44.7 Å². The molecule has 0 saturated heterocycles. The Balaban J connectivity index is 2.32. The summed E-state index contributed by atoms with van der Waals surface area (Å²) in [4.78, 5) is 13.5. The Morgan fingerprint density at radius 1 is 1.04 bits per heavy atom. The van der Waals surface area contributed by atoms with E-state index in [4.69, 9.17) is 11.6 Å². The molecule has 0 heterocycles. The van der Waals surface area contributed by atoms with Crippen LogP contribution in [0.25, 0.3) is 0 Å². The minimum atomic E-state index is -3.81. The van der Waals surface area contributed by atoms with Gasteiger partial charge < -0.3 is 4.90 Å². The molecule has 0 spiro atoms. The Hall–Kier alpha value is -2.03. The van der Waals surface area contributed by atoms with Gasteiger partial charge in [-0.25, -0.2) is 21.5 Å². The third-order valence-electron chi connectivity index (χ3n) is 3.70. The summed E-state index contributed by atoms with van der Waals surface area (Å²) in [5.41, 5.74) is 0.0742. The molecule has 5 nitrogen and oxygen atoms in total. The van der Waals surface area contributed by atoms with Crippen molar-refractivity contribution in [2.75, 3.05) is 21.1 Å². The second-order valence-electron chi connectivity index (χ2n) is 5.84. The number of benzene rings is 2. The van der Waals surface area contributed by atoms with Gasteiger partial charge in [-0.15, -0.1) is 0 Å². The summed E-state index contributed by atoms with van der Waals surface area (Å²) in [5.74, 6) is -2.20. The van der Waals surface area contributed by atoms with E-state index in [1.54, 1.807) is 6.07 Å². The van der Waals surface area contributed by atoms with Crippen LogP contribution in [0.2, 0.25) is 5.02 Å². The van der Waals surface area contributed by atoms with E-state index in [1.807, 2.05) is 0 Å². The predicted molar refractivity (Wildman–Crippen MR) is 94.5 cm³/mol. The fourth-order valence-electron chi connectivity index (χ4n) is 2.23. The van der Waals surface area contributed by atoms with Gasteiger partial charge in [0.25, 0.3) is 5.91 Å². The Bertz CT molecular complexity index is 949. The summed E-state index contributed by atoms with van der Waals surface area (Å²) in [7, 11) is 0.261. The molecule has 2 aromatic carbocycles. The molecule has 140 valence electrons. The van der Waals surface area contributed by atoms with Crippen LogP contribution >= 0.6 is 11.6 Å². The van der Waals surface area contributed by atoms with Crippen LogP contribution in [0.4, 0.5) is 8.78 Å². The van der Waals surface area contributed by atoms with Gasteiger partial charge in [0.1, 0.15) is 11.6 Å². The average Bonchev–Trinajstić information content (AvgIpc) is 2.57. The van der Waals surface area contributed by atoms with Gasteiger partial charge in [0.05, 0.1) is 15.5 Å². The molecule has 0 aliphatic carbocycles. The van der Waals surface area contributed by atoms with Crippen molar-refractivity contribution in [2.24, 2.45) is 0 Å². The van der Waals surface area contributed by atoms with Crippen molar-refractivity contribution < 1.29 is 22.0 Å². The minimum Gasteiger partial charge on any atom is -0.337 e. The van der Waals surface area contributed by atoms with Crippen molar-refractivity contribution in [1.82, 2.24) is 9.21 Å². The van der Waals surface area contributed by atoms with E-state index in [9.17, 15) is 22.0 Å². The first-order valence-corrected chi connectivity index (χ1v) is 9.27.